The molecule has 2 N–H and O–H groups in total. The average Bonchev–Trinajstić information content (AvgIpc) is 2.32. The first-order valence-corrected chi connectivity index (χ1v) is 4.51. The van der Waals surface area contributed by atoms with Gasteiger partial charge in [0.1, 0.15) is 0 Å². The number of nitrogens with two attached hydrogens (primary N) is 1. The van der Waals surface area contributed by atoms with E-state index in [9.17, 15) is 0 Å². The predicted molar refractivity (Wildman–Crippen MR) is 56.0 cm³/mol. The van der Waals surface area contributed by atoms with Crippen molar-refractivity contribution < 1.29 is 0 Å². The van der Waals surface area contributed by atoms with Gasteiger partial charge < -0.3 is 5.73 Å². The molecule has 0 aromatic carbocycles. The standard InChI is InChI=1S/C8H14N2S.ClH/c1-8(2,3)7-10-5-6(4-9)11-7;/h5H,4,9H2,1-3H3;1H. The molecule has 0 saturated carbocycles. The molecule has 0 aliphatic carbocycles. The largest absolute Gasteiger partial charge is 0.326 e. The number of hydrogen-bond donors (Lipinski definition) is 1. The van der Waals surface area contributed by atoms with Gasteiger partial charge in [-0.3, -0.25) is 0 Å². The minimum atomic E-state index is 0. The van der Waals surface area contributed by atoms with Gasteiger partial charge in [-0.2, -0.15) is 0 Å². The Bertz CT molecular complexity index is 239. The predicted octanol–water partition coefficient (Wildman–Crippen LogP) is 2.32. The summed E-state index contributed by atoms with van der Waals surface area (Å²) >= 11 is 1.70. The Morgan fingerprint density at radius 2 is 2.08 bits per heavy atom. The first-order chi connectivity index (χ1) is 5.04. The van der Waals surface area contributed by atoms with Crippen molar-refractivity contribution in [3.05, 3.63) is 16.1 Å². The van der Waals surface area contributed by atoms with E-state index in [1.165, 1.54) is 0 Å². The number of thiazole rings is 1. The molecule has 0 saturated heterocycles. The van der Waals surface area contributed by atoms with Gasteiger partial charge in [0.2, 0.25) is 0 Å². The van der Waals surface area contributed by atoms with Crippen LogP contribution in [0.25, 0.3) is 0 Å². The highest BCUT2D eigenvalue weighted by Crippen LogP contribution is 2.26. The van der Waals surface area contributed by atoms with Crippen molar-refractivity contribution in [1.82, 2.24) is 4.98 Å². The lowest BCUT2D eigenvalue weighted by atomic mass is 9.98. The molecule has 0 aliphatic rings. The highest BCUT2D eigenvalue weighted by atomic mass is 35.5. The van der Waals surface area contributed by atoms with Gasteiger partial charge in [-0.15, -0.1) is 23.7 Å². The lowest BCUT2D eigenvalue weighted by Crippen LogP contribution is -2.09. The summed E-state index contributed by atoms with van der Waals surface area (Å²) in [5.74, 6) is 0. The van der Waals surface area contributed by atoms with Gasteiger partial charge in [0.25, 0.3) is 0 Å². The maximum absolute atomic E-state index is 5.48. The zero-order chi connectivity index (χ0) is 8.48. The van der Waals surface area contributed by atoms with Crippen LogP contribution in [-0.2, 0) is 12.0 Å². The van der Waals surface area contributed by atoms with Crippen LogP contribution >= 0.6 is 23.7 Å². The molecule has 1 rings (SSSR count). The van der Waals surface area contributed by atoms with Crippen LogP contribution in [0.3, 0.4) is 0 Å². The Morgan fingerprint density at radius 1 is 1.50 bits per heavy atom. The van der Waals surface area contributed by atoms with Crippen molar-refractivity contribution in [1.29, 1.82) is 0 Å². The Hall–Kier alpha value is -0.120. The van der Waals surface area contributed by atoms with E-state index in [0.29, 0.717) is 6.54 Å². The summed E-state index contributed by atoms with van der Waals surface area (Å²) in [5.41, 5.74) is 5.64. The average molecular weight is 207 g/mol. The van der Waals surface area contributed by atoms with Crippen molar-refractivity contribution in [2.75, 3.05) is 0 Å². The second kappa shape index (κ2) is 4.21. The van der Waals surface area contributed by atoms with E-state index in [1.807, 2.05) is 6.20 Å². The Labute approximate surface area is 83.6 Å². The molecule has 1 heterocycles. The van der Waals surface area contributed by atoms with Crippen LogP contribution < -0.4 is 5.73 Å². The lowest BCUT2D eigenvalue weighted by Gasteiger charge is -2.13. The van der Waals surface area contributed by atoms with Gasteiger partial charge in [0.05, 0.1) is 5.01 Å². The Balaban J connectivity index is 0.00000121. The number of rotatable bonds is 1. The van der Waals surface area contributed by atoms with Crippen LogP contribution in [-0.4, -0.2) is 4.98 Å². The third-order valence-corrected chi connectivity index (χ3v) is 2.84. The molecular formula is C8H15ClN2S. The highest BCUT2D eigenvalue weighted by molar-refractivity contribution is 7.11. The van der Waals surface area contributed by atoms with E-state index in [1.54, 1.807) is 11.3 Å². The number of hydrogen-bond acceptors (Lipinski definition) is 3. The maximum atomic E-state index is 5.48. The monoisotopic (exact) mass is 206 g/mol. The molecule has 70 valence electrons. The van der Waals surface area contributed by atoms with E-state index in [4.69, 9.17) is 5.73 Å². The number of halogens is 1. The first-order valence-electron chi connectivity index (χ1n) is 3.69. The summed E-state index contributed by atoms with van der Waals surface area (Å²) in [6, 6.07) is 0. The summed E-state index contributed by atoms with van der Waals surface area (Å²) in [6.45, 7) is 7.08. The van der Waals surface area contributed by atoms with Gasteiger partial charge >= 0.3 is 0 Å². The summed E-state index contributed by atoms with van der Waals surface area (Å²) in [7, 11) is 0. The van der Waals surface area contributed by atoms with Crippen LogP contribution in [0, 0.1) is 0 Å². The SMILES string of the molecule is CC(C)(C)c1ncc(CN)s1.Cl. The molecule has 0 aliphatic heterocycles. The molecule has 1 aromatic heterocycles. The molecule has 4 heteroatoms. The second-order valence-electron chi connectivity index (χ2n) is 3.59. The molecule has 0 atom stereocenters. The minimum Gasteiger partial charge on any atom is -0.326 e. The van der Waals surface area contributed by atoms with E-state index in [0.717, 1.165) is 9.88 Å². The summed E-state index contributed by atoms with van der Waals surface area (Å²) in [5, 5.41) is 1.16. The van der Waals surface area contributed by atoms with Gasteiger partial charge in [-0.1, -0.05) is 20.8 Å². The third kappa shape index (κ3) is 2.73. The van der Waals surface area contributed by atoms with Gasteiger partial charge in [0, 0.05) is 23.0 Å². The molecule has 0 amide bonds. The fourth-order valence-electron chi connectivity index (χ4n) is 0.749. The first kappa shape index (κ1) is 11.9. The Kier molecular flexibility index (Phi) is 4.17. The lowest BCUT2D eigenvalue weighted by molar-refractivity contribution is 0.585. The zero-order valence-corrected chi connectivity index (χ0v) is 9.26. The minimum absolute atomic E-state index is 0. The van der Waals surface area contributed by atoms with Gasteiger partial charge in [-0.25, -0.2) is 4.98 Å². The van der Waals surface area contributed by atoms with E-state index >= 15 is 0 Å². The van der Waals surface area contributed by atoms with E-state index < -0.39 is 0 Å². The molecule has 0 fully saturated rings. The molecular weight excluding hydrogens is 192 g/mol. The maximum Gasteiger partial charge on any atom is 0.0981 e. The second-order valence-corrected chi connectivity index (χ2v) is 4.70. The molecule has 2 nitrogen and oxygen atoms in total. The van der Waals surface area contributed by atoms with Crippen LogP contribution in [0.4, 0.5) is 0 Å². The number of aromatic nitrogens is 1. The van der Waals surface area contributed by atoms with E-state index in [2.05, 4.69) is 25.8 Å². The summed E-state index contributed by atoms with van der Waals surface area (Å²) in [4.78, 5) is 5.46. The molecule has 0 spiro atoms. The molecule has 1 aromatic rings. The summed E-state index contributed by atoms with van der Waals surface area (Å²) < 4.78 is 0. The van der Waals surface area contributed by atoms with Gasteiger partial charge in [-0.05, 0) is 0 Å². The van der Waals surface area contributed by atoms with Crippen LogP contribution in [0.1, 0.15) is 30.7 Å². The zero-order valence-electron chi connectivity index (χ0n) is 7.63. The third-order valence-electron chi connectivity index (χ3n) is 1.40. The van der Waals surface area contributed by atoms with Crippen molar-refractivity contribution in [2.45, 2.75) is 32.7 Å². The fourth-order valence-corrected chi connectivity index (χ4v) is 1.60. The van der Waals surface area contributed by atoms with Crippen molar-refractivity contribution in [3.63, 3.8) is 0 Å². The summed E-state index contributed by atoms with van der Waals surface area (Å²) in [6.07, 6.45) is 1.87. The topological polar surface area (TPSA) is 38.9 Å². The Morgan fingerprint density at radius 3 is 2.33 bits per heavy atom. The van der Waals surface area contributed by atoms with Crippen molar-refractivity contribution >= 4 is 23.7 Å². The molecule has 12 heavy (non-hydrogen) atoms. The van der Waals surface area contributed by atoms with Crippen molar-refractivity contribution in [3.8, 4) is 0 Å². The highest BCUT2D eigenvalue weighted by Gasteiger charge is 2.17. The van der Waals surface area contributed by atoms with Crippen LogP contribution in [0.2, 0.25) is 0 Å². The van der Waals surface area contributed by atoms with Crippen LogP contribution in [0.5, 0.6) is 0 Å². The fraction of sp³-hybridized carbons (Fsp3) is 0.625. The molecule has 0 unspecified atom stereocenters. The normalized spacial score (nSPS) is 11.0. The molecule has 0 bridgehead atoms. The van der Waals surface area contributed by atoms with Gasteiger partial charge in [0.15, 0.2) is 0 Å². The molecule has 0 radical (unpaired) electrons. The smallest absolute Gasteiger partial charge is 0.0981 e. The van der Waals surface area contributed by atoms with E-state index in [-0.39, 0.29) is 17.8 Å². The number of nitrogens with zero attached hydrogens (tertiary/aromatic N) is 1. The van der Waals surface area contributed by atoms with Crippen LogP contribution in [0.15, 0.2) is 6.20 Å². The van der Waals surface area contributed by atoms with Crippen molar-refractivity contribution in [2.24, 2.45) is 5.73 Å². The quantitative estimate of drug-likeness (QED) is 0.766.